The van der Waals surface area contributed by atoms with E-state index in [1.807, 2.05) is 0 Å². The summed E-state index contributed by atoms with van der Waals surface area (Å²) in [4.78, 5) is 0. The lowest BCUT2D eigenvalue weighted by Crippen LogP contribution is -1.95. The quantitative estimate of drug-likeness (QED) is 0.575. The van der Waals surface area contributed by atoms with Crippen LogP contribution in [0.25, 0.3) is 11.5 Å². The first-order valence-electron chi connectivity index (χ1n) is 6.11. The van der Waals surface area contributed by atoms with E-state index in [9.17, 15) is 0 Å². The molecule has 0 aliphatic rings. The van der Waals surface area contributed by atoms with E-state index in [-0.39, 0.29) is 0 Å². The summed E-state index contributed by atoms with van der Waals surface area (Å²) in [6.45, 7) is 3.65. The lowest BCUT2D eigenvalue weighted by molar-refractivity contribution is 0.324. The maximum Gasteiger partial charge on any atom is 0.277 e. The van der Waals surface area contributed by atoms with E-state index in [0.717, 1.165) is 0 Å². The van der Waals surface area contributed by atoms with Gasteiger partial charge in [0.2, 0.25) is 11.6 Å². The first-order valence-corrected chi connectivity index (χ1v) is 7.09. The fraction of sp³-hybridized carbons (Fsp3) is 0.286. The molecule has 0 radical (unpaired) electrons. The minimum Gasteiger partial charge on any atom is -0.493 e. The minimum atomic E-state index is 0.390. The van der Waals surface area contributed by atoms with Crippen LogP contribution in [0.2, 0.25) is 0 Å². The molecule has 112 valence electrons. The molecule has 0 saturated heterocycles. The van der Waals surface area contributed by atoms with Crippen LogP contribution in [0.5, 0.6) is 17.2 Å². The number of hydrogen-bond acceptors (Lipinski definition) is 7. The molecule has 2 aromatic rings. The van der Waals surface area contributed by atoms with Crippen molar-refractivity contribution in [3.8, 4) is 28.7 Å². The summed E-state index contributed by atoms with van der Waals surface area (Å²) in [7, 11) is 4.66. The third-order valence-corrected chi connectivity index (χ3v) is 3.46. The smallest absolute Gasteiger partial charge is 0.277 e. The van der Waals surface area contributed by atoms with Crippen LogP contribution < -0.4 is 14.2 Å². The Kier molecular flexibility index (Phi) is 5.10. The van der Waals surface area contributed by atoms with E-state index in [0.29, 0.717) is 39.7 Å². The van der Waals surface area contributed by atoms with E-state index in [1.54, 1.807) is 39.5 Å². The van der Waals surface area contributed by atoms with Crippen molar-refractivity contribution in [2.45, 2.75) is 5.22 Å². The molecule has 0 spiro atoms. The van der Waals surface area contributed by atoms with Crippen LogP contribution in [0.4, 0.5) is 0 Å². The standard InChI is InChI=1S/C14H16N2O4S/c1-5-6-21-14-16-15-13(20-14)9-7-10(17-2)12(19-4)11(8-9)18-3/h5,7-8H,1,6H2,2-4H3. The van der Waals surface area contributed by atoms with E-state index in [2.05, 4.69) is 16.8 Å². The predicted molar refractivity (Wildman–Crippen MR) is 80.3 cm³/mol. The molecule has 0 aliphatic carbocycles. The minimum absolute atomic E-state index is 0.390. The summed E-state index contributed by atoms with van der Waals surface area (Å²) in [6.07, 6.45) is 1.77. The molecule has 6 nitrogen and oxygen atoms in total. The molecular formula is C14H16N2O4S. The van der Waals surface area contributed by atoms with Crippen molar-refractivity contribution in [1.29, 1.82) is 0 Å². The number of ether oxygens (including phenoxy) is 3. The number of thioether (sulfide) groups is 1. The van der Waals surface area contributed by atoms with Gasteiger partial charge in [-0.2, -0.15) is 0 Å². The van der Waals surface area contributed by atoms with Crippen LogP contribution in [-0.2, 0) is 0 Å². The number of hydrogen-bond donors (Lipinski definition) is 0. The molecule has 0 unspecified atom stereocenters. The van der Waals surface area contributed by atoms with Crippen LogP contribution in [0.1, 0.15) is 0 Å². The maximum absolute atomic E-state index is 5.59. The van der Waals surface area contributed by atoms with Crippen molar-refractivity contribution in [2.75, 3.05) is 27.1 Å². The van der Waals surface area contributed by atoms with Crippen LogP contribution in [-0.4, -0.2) is 37.3 Å². The molecule has 7 heteroatoms. The molecule has 0 bridgehead atoms. The third-order valence-electron chi connectivity index (χ3n) is 2.64. The van der Waals surface area contributed by atoms with Gasteiger partial charge in [-0.15, -0.1) is 16.8 Å². The van der Waals surface area contributed by atoms with E-state index in [1.165, 1.54) is 11.8 Å². The second kappa shape index (κ2) is 7.03. The second-order valence-corrected chi connectivity index (χ2v) is 4.86. The van der Waals surface area contributed by atoms with Crippen LogP contribution in [0.3, 0.4) is 0 Å². The Balaban J connectivity index is 2.39. The van der Waals surface area contributed by atoms with Gasteiger partial charge in [0.1, 0.15) is 0 Å². The Hall–Kier alpha value is -2.15. The molecule has 21 heavy (non-hydrogen) atoms. The van der Waals surface area contributed by atoms with Crippen molar-refractivity contribution in [1.82, 2.24) is 10.2 Å². The van der Waals surface area contributed by atoms with Crippen molar-refractivity contribution < 1.29 is 18.6 Å². The Labute approximate surface area is 127 Å². The van der Waals surface area contributed by atoms with Gasteiger partial charge < -0.3 is 18.6 Å². The topological polar surface area (TPSA) is 66.6 Å². The van der Waals surface area contributed by atoms with Gasteiger partial charge in [-0.05, 0) is 12.1 Å². The van der Waals surface area contributed by atoms with E-state index < -0.39 is 0 Å². The van der Waals surface area contributed by atoms with Gasteiger partial charge in [-0.1, -0.05) is 17.8 Å². The number of nitrogens with zero attached hydrogens (tertiary/aromatic N) is 2. The average Bonchev–Trinajstić information content (AvgIpc) is 3.00. The third kappa shape index (κ3) is 3.30. The summed E-state index contributed by atoms with van der Waals surface area (Å²) in [5.41, 5.74) is 0.697. The highest BCUT2D eigenvalue weighted by Gasteiger charge is 2.17. The first-order chi connectivity index (χ1) is 10.2. The van der Waals surface area contributed by atoms with E-state index in [4.69, 9.17) is 18.6 Å². The van der Waals surface area contributed by atoms with Gasteiger partial charge in [0.25, 0.3) is 5.22 Å². The average molecular weight is 308 g/mol. The summed E-state index contributed by atoms with van der Waals surface area (Å²) in [5, 5.41) is 8.48. The fourth-order valence-electron chi connectivity index (χ4n) is 1.72. The number of methoxy groups -OCH3 is 3. The Morgan fingerprint density at radius 2 is 1.81 bits per heavy atom. The number of rotatable bonds is 7. The molecule has 1 aromatic heterocycles. The fourth-order valence-corrected chi connectivity index (χ4v) is 2.22. The molecule has 0 aliphatic heterocycles. The van der Waals surface area contributed by atoms with Gasteiger partial charge in [-0.25, -0.2) is 0 Å². The number of benzene rings is 1. The second-order valence-electron chi connectivity index (χ2n) is 3.89. The highest BCUT2D eigenvalue weighted by atomic mass is 32.2. The molecule has 1 aromatic carbocycles. The summed E-state index contributed by atoms with van der Waals surface area (Å²) in [6, 6.07) is 3.52. The van der Waals surface area contributed by atoms with Crippen LogP contribution in [0.15, 0.2) is 34.4 Å². The molecule has 0 atom stereocenters. The molecular weight excluding hydrogens is 292 g/mol. The lowest BCUT2D eigenvalue weighted by Gasteiger charge is -2.12. The summed E-state index contributed by atoms with van der Waals surface area (Å²) < 4.78 is 21.5. The highest BCUT2D eigenvalue weighted by molar-refractivity contribution is 7.99. The zero-order valence-electron chi connectivity index (χ0n) is 12.1. The molecule has 2 rings (SSSR count). The van der Waals surface area contributed by atoms with Crippen molar-refractivity contribution in [2.24, 2.45) is 0 Å². The lowest BCUT2D eigenvalue weighted by atomic mass is 10.2. The van der Waals surface area contributed by atoms with Gasteiger partial charge in [0.05, 0.1) is 21.3 Å². The highest BCUT2D eigenvalue weighted by Crippen LogP contribution is 2.41. The largest absolute Gasteiger partial charge is 0.493 e. The number of aromatic nitrogens is 2. The van der Waals surface area contributed by atoms with Crippen molar-refractivity contribution in [3.63, 3.8) is 0 Å². The van der Waals surface area contributed by atoms with Crippen LogP contribution in [0, 0.1) is 0 Å². The predicted octanol–water partition coefficient (Wildman–Crippen LogP) is 3.04. The zero-order chi connectivity index (χ0) is 15.2. The van der Waals surface area contributed by atoms with Gasteiger partial charge in [0.15, 0.2) is 11.5 Å². The Morgan fingerprint density at radius 1 is 1.14 bits per heavy atom. The van der Waals surface area contributed by atoms with Gasteiger partial charge in [-0.3, -0.25) is 0 Å². The summed E-state index contributed by atoms with van der Waals surface area (Å²) in [5.74, 6) is 2.68. The zero-order valence-corrected chi connectivity index (χ0v) is 12.9. The molecule has 1 heterocycles. The van der Waals surface area contributed by atoms with Gasteiger partial charge >= 0.3 is 0 Å². The Morgan fingerprint density at radius 3 is 2.33 bits per heavy atom. The van der Waals surface area contributed by atoms with Crippen LogP contribution >= 0.6 is 11.8 Å². The van der Waals surface area contributed by atoms with Gasteiger partial charge in [0, 0.05) is 11.3 Å². The Bertz CT molecular complexity index is 602. The van der Waals surface area contributed by atoms with E-state index >= 15 is 0 Å². The SMILES string of the molecule is C=CCSc1nnc(-c2cc(OC)c(OC)c(OC)c2)o1. The normalized spacial score (nSPS) is 10.2. The maximum atomic E-state index is 5.59. The van der Waals surface area contributed by atoms with Crippen molar-refractivity contribution >= 4 is 11.8 Å². The van der Waals surface area contributed by atoms with Crippen molar-refractivity contribution in [3.05, 3.63) is 24.8 Å². The first kappa shape index (κ1) is 15.2. The molecule has 0 amide bonds. The molecule has 0 N–H and O–H groups in total. The summed E-state index contributed by atoms with van der Waals surface area (Å²) >= 11 is 1.42. The molecule has 0 saturated carbocycles. The monoisotopic (exact) mass is 308 g/mol. The molecule has 0 fully saturated rings.